The molecule has 0 bridgehead atoms. The minimum absolute atomic E-state index is 0.424. The zero-order chi connectivity index (χ0) is 8.97. The van der Waals surface area contributed by atoms with Gasteiger partial charge in [0, 0.05) is 24.4 Å². The Kier molecular flexibility index (Phi) is 2.82. The zero-order valence-corrected chi connectivity index (χ0v) is 7.08. The van der Waals surface area contributed by atoms with Crippen molar-refractivity contribution in [2.75, 3.05) is 7.11 Å². The van der Waals surface area contributed by atoms with E-state index in [1.54, 1.807) is 19.4 Å². The molecule has 1 rings (SSSR count). The first-order valence-corrected chi connectivity index (χ1v) is 3.67. The molecule has 1 aromatic rings. The number of hydrogen-bond acceptors (Lipinski definition) is 3. The molecule has 0 aliphatic heterocycles. The zero-order valence-electron chi connectivity index (χ0n) is 7.08. The molecule has 0 aromatic carbocycles. The van der Waals surface area contributed by atoms with Gasteiger partial charge in [-0.1, -0.05) is 12.7 Å². The summed E-state index contributed by atoms with van der Waals surface area (Å²) in [6, 6.07) is 1.82. The molecule has 3 heteroatoms. The number of pyridine rings is 1. The summed E-state index contributed by atoms with van der Waals surface area (Å²) in [7, 11) is 1.61. The van der Waals surface area contributed by atoms with E-state index in [4.69, 9.17) is 10.5 Å². The Morgan fingerprint density at radius 2 is 2.50 bits per heavy atom. The molecular weight excluding hydrogens is 152 g/mol. The Bertz CT molecular complexity index is 284. The summed E-state index contributed by atoms with van der Waals surface area (Å²) in [4.78, 5) is 4.10. The molecule has 0 amide bonds. The molecule has 0 radical (unpaired) electrons. The Labute approximate surface area is 71.9 Å². The molecule has 64 valence electrons. The van der Waals surface area contributed by atoms with E-state index in [0.717, 1.165) is 17.0 Å². The minimum Gasteiger partial charge on any atom is -0.496 e. The number of hydrogen-bond donors (Lipinski definition) is 1. The summed E-state index contributed by atoms with van der Waals surface area (Å²) in [5.41, 5.74) is 7.12. The van der Waals surface area contributed by atoms with E-state index >= 15 is 0 Å². The molecule has 0 aliphatic carbocycles. The van der Waals surface area contributed by atoms with Crippen molar-refractivity contribution in [2.24, 2.45) is 5.73 Å². The van der Waals surface area contributed by atoms with Crippen LogP contribution in [-0.2, 0) is 6.54 Å². The van der Waals surface area contributed by atoms with Gasteiger partial charge in [0.15, 0.2) is 0 Å². The summed E-state index contributed by atoms with van der Waals surface area (Å²) >= 11 is 0. The summed E-state index contributed by atoms with van der Waals surface area (Å²) in [5.74, 6) is 0.764. The molecule has 1 heterocycles. The number of methoxy groups -OCH3 is 1. The highest BCUT2D eigenvalue weighted by Gasteiger charge is 2.00. The maximum atomic E-state index is 5.42. The second-order valence-electron chi connectivity index (χ2n) is 2.33. The van der Waals surface area contributed by atoms with Gasteiger partial charge in [0.1, 0.15) is 5.75 Å². The predicted octanol–water partition coefficient (Wildman–Crippen LogP) is 1.19. The van der Waals surface area contributed by atoms with Gasteiger partial charge < -0.3 is 10.5 Å². The molecule has 0 saturated heterocycles. The van der Waals surface area contributed by atoms with Crippen LogP contribution >= 0.6 is 0 Å². The van der Waals surface area contributed by atoms with Gasteiger partial charge in [0.25, 0.3) is 0 Å². The third kappa shape index (κ3) is 1.62. The molecule has 2 N–H and O–H groups in total. The molecule has 1 aromatic heterocycles. The maximum Gasteiger partial charge on any atom is 0.129 e. The quantitative estimate of drug-likeness (QED) is 0.730. The van der Waals surface area contributed by atoms with E-state index in [-0.39, 0.29) is 0 Å². The van der Waals surface area contributed by atoms with Crippen molar-refractivity contribution in [3.63, 3.8) is 0 Å². The first-order valence-electron chi connectivity index (χ1n) is 3.67. The van der Waals surface area contributed by atoms with Crippen molar-refractivity contribution in [1.82, 2.24) is 4.98 Å². The van der Waals surface area contributed by atoms with Crippen molar-refractivity contribution in [3.8, 4) is 5.75 Å². The van der Waals surface area contributed by atoms with Gasteiger partial charge in [-0.25, -0.2) is 0 Å². The third-order valence-corrected chi connectivity index (χ3v) is 1.60. The standard InChI is InChI=1S/C9H12N2O/c1-3-7-6-11-8(5-10)4-9(7)12-2/h3-4,6H,1,5,10H2,2H3. The Morgan fingerprint density at radius 3 is 3.00 bits per heavy atom. The SMILES string of the molecule is C=Cc1cnc(CN)cc1OC. The molecule has 0 saturated carbocycles. The Morgan fingerprint density at radius 1 is 1.75 bits per heavy atom. The smallest absolute Gasteiger partial charge is 0.129 e. The first kappa shape index (κ1) is 8.74. The number of ether oxygens (including phenoxy) is 1. The second kappa shape index (κ2) is 3.88. The number of nitrogens with zero attached hydrogens (tertiary/aromatic N) is 1. The molecule has 0 spiro atoms. The Balaban J connectivity index is 3.10. The minimum atomic E-state index is 0.424. The summed E-state index contributed by atoms with van der Waals surface area (Å²) < 4.78 is 5.11. The predicted molar refractivity (Wildman–Crippen MR) is 48.8 cm³/mol. The van der Waals surface area contributed by atoms with E-state index in [2.05, 4.69) is 11.6 Å². The lowest BCUT2D eigenvalue weighted by Crippen LogP contribution is -2.00. The fraction of sp³-hybridized carbons (Fsp3) is 0.222. The van der Waals surface area contributed by atoms with E-state index in [1.165, 1.54) is 0 Å². The maximum absolute atomic E-state index is 5.42. The summed E-state index contributed by atoms with van der Waals surface area (Å²) in [5, 5.41) is 0. The van der Waals surface area contributed by atoms with Gasteiger partial charge >= 0.3 is 0 Å². The van der Waals surface area contributed by atoms with Crippen LogP contribution in [0.3, 0.4) is 0 Å². The van der Waals surface area contributed by atoms with Crippen LogP contribution in [0.4, 0.5) is 0 Å². The summed E-state index contributed by atoms with van der Waals surface area (Å²) in [6.07, 6.45) is 3.40. The fourth-order valence-corrected chi connectivity index (χ4v) is 0.930. The van der Waals surface area contributed by atoms with Crippen molar-refractivity contribution in [2.45, 2.75) is 6.54 Å². The first-order chi connectivity index (χ1) is 5.81. The molecule has 3 nitrogen and oxygen atoms in total. The lowest BCUT2D eigenvalue weighted by atomic mass is 10.2. The average Bonchev–Trinajstić information content (AvgIpc) is 2.16. The van der Waals surface area contributed by atoms with Crippen molar-refractivity contribution in [3.05, 3.63) is 30.1 Å². The van der Waals surface area contributed by atoms with E-state index in [1.807, 2.05) is 6.07 Å². The van der Waals surface area contributed by atoms with Crippen LogP contribution in [-0.4, -0.2) is 12.1 Å². The fourth-order valence-electron chi connectivity index (χ4n) is 0.930. The normalized spacial score (nSPS) is 9.50. The highest BCUT2D eigenvalue weighted by molar-refractivity contribution is 5.54. The molecule has 0 aliphatic rings. The Hall–Kier alpha value is -1.35. The van der Waals surface area contributed by atoms with Crippen molar-refractivity contribution >= 4 is 6.08 Å². The largest absolute Gasteiger partial charge is 0.496 e. The van der Waals surface area contributed by atoms with Crippen LogP contribution in [0.1, 0.15) is 11.3 Å². The average molecular weight is 164 g/mol. The summed E-state index contributed by atoms with van der Waals surface area (Å²) in [6.45, 7) is 4.07. The van der Waals surface area contributed by atoms with Crippen molar-refractivity contribution < 1.29 is 4.74 Å². The number of nitrogens with two attached hydrogens (primary N) is 1. The number of rotatable bonds is 3. The molecule has 0 fully saturated rings. The van der Waals surface area contributed by atoms with Gasteiger partial charge in [-0.2, -0.15) is 0 Å². The van der Waals surface area contributed by atoms with Gasteiger partial charge in [0.2, 0.25) is 0 Å². The molecule has 12 heavy (non-hydrogen) atoms. The molecule has 0 atom stereocenters. The molecule has 0 unspecified atom stereocenters. The number of aromatic nitrogens is 1. The van der Waals surface area contributed by atoms with Gasteiger partial charge in [0.05, 0.1) is 12.8 Å². The molecular formula is C9H12N2O. The third-order valence-electron chi connectivity index (χ3n) is 1.60. The van der Waals surface area contributed by atoms with Gasteiger partial charge in [-0.05, 0) is 0 Å². The van der Waals surface area contributed by atoms with Crippen LogP contribution in [0.2, 0.25) is 0 Å². The van der Waals surface area contributed by atoms with Crippen LogP contribution in [0, 0.1) is 0 Å². The lowest BCUT2D eigenvalue weighted by molar-refractivity contribution is 0.412. The highest BCUT2D eigenvalue weighted by atomic mass is 16.5. The van der Waals surface area contributed by atoms with Crippen LogP contribution in [0.5, 0.6) is 5.75 Å². The van der Waals surface area contributed by atoms with Crippen LogP contribution in [0.25, 0.3) is 6.08 Å². The van der Waals surface area contributed by atoms with E-state index in [9.17, 15) is 0 Å². The highest BCUT2D eigenvalue weighted by Crippen LogP contribution is 2.18. The van der Waals surface area contributed by atoms with Gasteiger partial charge in [-0.3, -0.25) is 4.98 Å². The van der Waals surface area contributed by atoms with E-state index < -0.39 is 0 Å². The van der Waals surface area contributed by atoms with Crippen LogP contribution in [0.15, 0.2) is 18.8 Å². The van der Waals surface area contributed by atoms with E-state index in [0.29, 0.717) is 6.54 Å². The van der Waals surface area contributed by atoms with Crippen LogP contribution < -0.4 is 10.5 Å². The lowest BCUT2D eigenvalue weighted by Gasteiger charge is -2.05. The van der Waals surface area contributed by atoms with Crippen molar-refractivity contribution in [1.29, 1.82) is 0 Å². The topological polar surface area (TPSA) is 48.1 Å². The second-order valence-corrected chi connectivity index (χ2v) is 2.33. The van der Waals surface area contributed by atoms with Gasteiger partial charge in [-0.15, -0.1) is 0 Å². The monoisotopic (exact) mass is 164 g/mol.